The van der Waals surface area contributed by atoms with E-state index < -0.39 is 0 Å². The average molecular weight is 167 g/mol. The summed E-state index contributed by atoms with van der Waals surface area (Å²) >= 11 is 0. The van der Waals surface area contributed by atoms with Crippen molar-refractivity contribution in [3.05, 3.63) is 0 Å². The van der Waals surface area contributed by atoms with Gasteiger partial charge >= 0.3 is 6.41 Å². The second kappa shape index (κ2) is 5.29. The van der Waals surface area contributed by atoms with Crippen molar-refractivity contribution in [1.82, 2.24) is 10.2 Å². The van der Waals surface area contributed by atoms with E-state index >= 15 is 0 Å². The molecule has 0 aromatic heterocycles. The number of rotatable bonds is 5. The van der Waals surface area contributed by atoms with Gasteiger partial charge in [-0.25, -0.2) is 4.99 Å². The van der Waals surface area contributed by atoms with Crippen molar-refractivity contribution in [3.8, 4) is 0 Å². The van der Waals surface area contributed by atoms with Crippen LogP contribution < -0.4 is 5.32 Å². The Morgan fingerprint density at radius 1 is 1.67 bits per heavy atom. The van der Waals surface area contributed by atoms with Crippen LogP contribution in [0.5, 0.6) is 0 Å². The SMILES string of the molecule is O=[C]NCCCN1C=NC=NC1. The maximum Gasteiger partial charge on any atom is 0.309 e. The Kier molecular flexibility index (Phi) is 3.83. The molecule has 5 heteroatoms. The summed E-state index contributed by atoms with van der Waals surface area (Å²) in [6.07, 6.45) is 5.79. The summed E-state index contributed by atoms with van der Waals surface area (Å²) in [6.45, 7) is 2.17. The first kappa shape index (κ1) is 8.70. The second-order valence-electron chi connectivity index (χ2n) is 2.40. The summed E-state index contributed by atoms with van der Waals surface area (Å²) in [4.78, 5) is 19.6. The number of hydrogen-bond donors (Lipinski definition) is 1. The van der Waals surface area contributed by atoms with Crippen molar-refractivity contribution in [1.29, 1.82) is 0 Å². The van der Waals surface area contributed by atoms with Gasteiger partial charge in [0.25, 0.3) is 0 Å². The van der Waals surface area contributed by atoms with E-state index in [0.29, 0.717) is 13.2 Å². The molecule has 65 valence electrons. The van der Waals surface area contributed by atoms with E-state index in [9.17, 15) is 4.79 Å². The monoisotopic (exact) mass is 167 g/mol. The molecule has 0 atom stereocenters. The topological polar surface area (TPSA) is 57.1 Å². The Balaban J connectivity index is 2.03. The molecule has 0 aromatic rings. The zero-order valence-corrected chi connectivity index (χ0v) is 6.73. The molecule has 1 aliphatic heterocycles. The number of nitrogens with zero attached hydrogens (tertiary/aromatic N) is 3. The summed E-state index contributed by atoms with van der Waals surface area (Å²) in [7, 11) is 0. The van der Waals surface area contributed by atoms with E-state index in [0.717, 1.165) is 13.0 Å². The molecule has 0 saturated heterocycles. The molecule has 1 aliphatic rings. The lowest BCUT2D eigenvalue weighted by Gasteiger charge is -2.17. The molecule has 0 aliphatic carbocycles. The summed E-state index contributed by atoms with van der Waals surface area (Å²) in [5, 5.41) is 2.47. The van der Waals surface area contributed by atoms with Gasteiger partial charge in [0, 0.05) is 13.1 Å². The van der Waals surface area contributed by atoms with Gasteiger partial charge < -0.3 is 10.2 Å². The molecular formula is C7H11N4O. The maximum atomic E-state index is 9.76. The van der Waals surface area contributed by atoms with Crippen molar-refractivity contribution in [2.24, 2.45) is 9.98 Å². The fourth-order valence-electron chi connectivity index (χ4n) is 0.899. The Bertz CT molecular complexity index is 190. The van der Waals surface area contributed by atoms with Crippen LogP contribution >= 0.6 is 0 Å². The highest BCUT2D eigenvalue weighted by Crippen LogP contribution is 1.91. The van der Waals surface area contributed by atoms with Crippen LogP contribution in [0.4, 0.5) is 0 Å². The minimum Gasteiger partial charge on any atom is -0.348 e. The molecular weight excluding hydrogens is 156 g/mol. The quantitative estimate of drug-likeness (QED) is 0.437. The molecule has 5 nitrogen and oxygen atoms in total. The van der Waals surface area contributed by atoms with Crippen molar-refractivity contribution in [2.45, 2.75) is 6.42 Å². The van der Waals surface area contributed by atoms with Crippen LogP contribution in [0.3, 0.4) is 0 Å². The summed E-state index contributed by atoms with van der Waals surface area (Å²) < 4.78 is 0. The first-order chi connectivity index (χ1) is 5.93. The first-order valence-corrected chi connectivity index (χ1v) is 3.79. The minimum absolute atomic E-state index is 0.650. The molecule has 12 heavy (non-hydrogen) atoms. The van der Waals surface area contributed by atoms with E-state index in [4.69, 9.17) is 0 Å². The zero-order chi connectivity index (χ0) is 8.65. The summed E-state index contributed by atoms with van der Waals surface area (Å²) in [5.41, 5.74) is 0. The lowest BCUT2D eigenvalue weighted by atomic mass is 10.4. The second-order valence-corrected chi connectivity index (χ2v) is 2.40. The number of hydrogen-bond acceptors (Lipinski definition) is 4. The number of amides is 1. The van der Waals surface area contributed by atoms with E-state index in [1.54, 1.807) is 12.7 Å². The van der Waals surface area contributed by atoms with Crippen LogP contribution in [0.15, 0.2) is 9.98 Å². The van der Waals surface area contributed by atoms with Crippen LogP contribution in [0.25, 0.3) is 0 Å². The van der Waals surface area contributed by atoms with E-state index in [-0.39, 0.29) is 0 Å². The van der Waals surface area contributed by atoms with Gasteiger partial charge in [-0.3, -0.25) is 9.79 Å². The van der Waals surface area contributed by atoms with Gasteiger partial charge in [0.15, 0.2) is 0 Å². The Hall–Kier alpha value is -1.39. The van der Waals surface area contributed by atoms with Crippen LogP contribution in [0.2, 0.25) is 0 Å². The molecule has 0 saturated carbocycles. The highest BCUT2D eigenvalue weighted by Gasteiger charge is 1.99. The molecule has 0 unspecified atom stereocenters. The Labute approximate surface area is 71.2 Å². The van der Waals surface area contributed by atoms with Gasteiger partial charge in [-0.05, 0) is 6.42 Å². The molecule has 0 aromatic carbocycles. The molecule has 1 rings (SSSR count). The minimum atomic E-state index is 0.650. The van der Waals surface area contributed by atoms with Crippen LogP contribution in [0, 0.1) is 0 Å². The fourth-order valence-corrected chi connectivity index (χ4v) is 0.899. The number of nitrogens with one attached hydrogen (secondary N) is 1. The predicted molar refractivity (Wildman–Crippen MR) is 46.9 cm³/mol. The number of carbonyl (C=O) groups excluding carboxylic acids is 1. The van der Waals surface area contributed by atoms with Crippen molar-refractivity contribution >= 4 is 19.1 Å². The van der Waals surface area contributed by atoms with E-state index in [2.05, 4.69) is 15.3 Å². The molecule has 1 radical (unpaired) electrons. The standard InChI is InChI=1S/C7H11N4O/c12-7-8-2-1-3-11-5-9-4-10-6-11/h4-5H,1-3,6H2,(H,8,12). The van der Waals surface area contributed by atoms with Crippen LogP contribution in [0.1, 0.15) is 6.42 Å². The molecule has 1 heterocycles. The molecule has 1 amide bonds. The van der Waals surface area contributed by atoms with E-state index in [1.165, 1.54) is 6.34 Å². The van der Waals surface area contributed by atoms with E-state index in [1.807, 2.05) is 4.90 Å². The molecule has 0 bridgehead atoms. The van der Waals surface area contributed by atoms with Crippen molar-refractivity contribution in [2.75, 3.05) is 19.8 Å². The van der Waals surface area contributed by atoms with Crippen molar-refractivity contribution in [3.63, 3.8) is 0 Å². The highest BCUT2D eigenvalue weighted by atomic mass is 16.1. The predicted octanol–water partition coefficient (Wildman–Crippen LogP) is -0.637. The van der Waals surface area contributed by atoms with Gasteiger partial charge in [-0.1, -0.05) is 0 Å². The molecule has 1 N–H and O–H groups in total. The Morgan fingerprint density at radius 3 is 3.25 bits per heavy atom. The third-order valence-corrected chi connectivity index (χ3v) is 1.46. The van der Waals surface area contributed by atoms with Gasteiger partial charge in [-0.2, -0.15) is 0 Å². The van der Waals surface area contributed by atoms with Crippen LogP contribution in [-0.4, -0.2) is 43.7 Å². The summed E-state index contributed by atoms with van der Waals surface area (Å²) in [6, 6.07) is 0. The maximum absolute atomic E-state index is 9.76. The van der Waals surface area contributed by atoms with Crippen LogP contribution in [-0.2, 0) is 4.79 Å². The van der Waals surface area contributed by atoms with Gasteiger partial charge in [0.2, 0.25) is 0 Å². The van der Waals surface area contributed by atoms with Gasteiger partial charge in [-0.15, -0.1) is 0 Å². The zero-order valence-electron chi connectivity index (χ0n) is 6.73. The Morgan fingerprint density at radius 2 is 2.58 bits per heavy atom. The lowest BCUT2D eigenvalue weighted by molar-refractivity contribution is 0.429. The lowest BCUT2D eigenvalue weighted by Crippen LogP contribution is -2.27. The highest BCUT2D eigenvalue weighted by molar-refractivity contribution is 5.72. The van der Waals surface area contributed by atoms with Gasteiger partial charge in [0.05, 0.1) is 6.34 Å². The summed E-state index contributed by atoms with van der Waals surface area (Å²) in [5.74, 6) is 0. The average Bonchev–Trinajstić information content (AvgIpc) is 2.14. The first-order valence-electron chi connectivity index (χ1n) is 3.79. The third-order valence-electron chi connectivity index (χ3n) is 1.46. The number of aliphatic imine (C=N–C) groups is 2. The normalized spacial score (nSPS) is 14.8. The smallest absolute Gasteiger partial charge is 0.309 e. The fraction of sp³-hybridized carbons (Fsp3) is 0.571. The largest absolute Gasteiger partial charge is 0.348 e. The molecule has 0 spiro atoms. The third kappa shape index (κ3) is 3.14. The van der Waals surface area contributed by atoms with Gasteiger partial charge in [0.1, 0.15) is 13.0 Å². The van der Waals surface area contributed by atoms with Crippen molar-refractivity contribution < 1.29 is 4.79 Å². The molecule has 0 fully saturated rings.